The third-order valence-electron chi connectivity index (χ3n) is 3.30. The minimum Gasteiger partial charge on any atom is -0.465 e. The van der Waals surface area contributed by atoms with Gasteiger partial charge in [0, 0.05) is 13.1 Å². The van der Waals surface area contributed by atoms with E-state index in [1.807, 2.05) is 13.8 Å². The molecule has 21 heavy (non-hydrogen) atoms. The summed E-state index contributed by atoms with van der Waals surface area (Å²) >= 11 is 0. The van der Waals surface area contributed by atoms with Crippen molar-refractivity contribution in [2.75, 3.05) is 20.2 Å². The Balaban J connectivity index is 2.42. The molecule has 0 N–H and O–H groups in total. The lowest BCUT2D eigenvalue weighted by molar-refractivity contribution is -0.0440. The zero-order valence-electron chi connectivity index (χ0n) is 12.3. The van der Waals surface area contributed by atoms with Crippen molar-refractivity contribution in [3.63, 3.8) is 0 Å². The highest BCUT2D eigenvalue weighted by molar-refractivity contribution is 7.89. The first kappa shape index (κ1) is 15.9. The van der Waals surface area contributed by atoms with Crippen molar-refractivity contribution in [1.29, 1.82) is 0 Å². The number of hydrogen-bond acceptors (Lipinski definition) is 5. The predicted octanol–water partition coefficient (Wildman–Crippen LogP) is 1.27. The summed E-state index contributed by atoms with van der Waals surface area (Å²) in [6, 6.07) is 6.07. The van der Waals surface area contributed by atoms with Gasteiger partial charge in [0.2, 0.25) is 10.0 Å². The molecule has 7 heteroatoms. The van der Waals surface area contributed by atoms with E-state index in [-0.39, 0.29) is 35.8 Å². The van der Waals surface area contributed by atoms with Crippen molar-refractivity contribution >= 4 is 16.0 Å². The van der Waals surface area contributed by atoms with Crippen molar-refractivity contribution < 1.29 is 22.7 Å². The summed E-state index contributed by atoms with van der Waals surface area (Å²) in [5.74, 6) is -0.663. The third-order valence-corrected chi connectivity index (χ3v) is 5.19. The number of benzene rings is 1. The van der Waals surface area contributed by atoms with Gasteiger partial charge < -0.3 is 9.47 Å². The molecule has 0 spiro atoms. The van der Waals surface area contributed by atoms with Crippen molar-refractivity contribution in [3.8, 4) is 0 Å². The second kappa shape index (κ2) is 6.13. The maximum atomic E-state index is 12.8. The fraction of sp³-hybridized carbons (Fsp3) is 0.500. The highest BCUT2D eigenvalue weighted by atomic mass is 32.2. The number of esters is 1. The van der Waals surface area contributed by atoms with Gasteiger partial charge in [0.25, 0.3) is 0 Å². The Morgan fingerprint density at radius 3 is 2.38 bits per heavy atom. The van der Waals surface area contributed by atoms with Gasteiger partial charge in [-0.2, -0.15) is 4.31 Å². The van der Waals surface area contributed by atoms with Crippen LogP contribution >= 0.6 is 0 Å². The van der Waals surface area contributed by atoms with Crippen LogP contribution in [-0.4, -0.2) is 51.1 Å². The summed E-state index contributed by atoms with van der Waals surface area (Å²) in [5, 5.41) is 0. The highest BCUT2D eigenvalue weighted by Crippen LogP contribution is 2.24. The molecule has 1 heterocycles. The van der Waals surface area contributed by atoms with Crippen LogP contribution in [0.3, 0.4) is 0 Å². The average Bonchev–Trinajstić information content (AvgIpc) is 2.45. The van der Waals surface area contributed by atoms with E-state index in [0.717, 1.165) is 0 Å². The molecule has 2 rings (SSSR count). The van der Waals surface area contributed by atoms with Crippen LogP contribution in [0.2, 0.25) is 0 Å². The number of methoxy groups -OCH3 is 1. The Kier molecular flexibility index (Phi) is 4.65. The summed E-state index contributed by atoms with van der Waals surface area (Å²) in [4.78, 5) is 11.7. The van der Waals surface area contributed by atoms with E-state index in [1.54, 1.807) is 12.1 Å². The molecule has 0 radical (unpaired) electrons. The molecule has 0 aromatic heterocycles. The molecule has 2 atom stereocenters. The molecule has 1 aromatic rings. The van der Waals surface area contributed by atoms with Crippen LogP contribution in [0.1, 0.15) is 24.2 Å². The standard InChI is InChI=1S/C14H19NO5S/c1-10-8-15(9-11(2)20-10)21(17,18)13-7-5-4-6-12(13)14(16)19-3/h4-7,10-11H,8-9H2,1-3H3. The first-order chi connectivity index (χ1) is 9.86. The molecule has 6 nitrogen and oxygen atoms in total. The topological polar surface area (TPSA) is 72.9 Å². The highest BCUT2D eigenvalue weighted by Gasteiger charge is 2.34. The molecule has 0 amide bonds. The van der Waals surface area contributed by atoms with Crippen LogP contribution in [0.5, 0.6) is 0 Å². The van der Waals surface area contributed by atoms with Crippen molar-refractivity contribution in [2.45, 2.75) is 31.0 Å². The Bertz CT molecular complexity index is 618. The SMILES string of the molecule is COC(=O)c1ccccc1S(=O)(=O)N1CC(C)OC(C)C1. The fourth-order valence-electron chi connectivity index (χ4n) is 2.44. The maximum absolute atomic E-state index is 12.8. The summed E-state index contributed by atoms with van der Waals surface area (Å²) in [6.45, 7) is 4.18. The van der Waals surface area contributed by atoms with E-state index in [4.69, 9.17) is 4.74 Å². The Hall–Kier alpha value is -1.44. The van der Waals surface area contributed by atoms with Gasteiger partial charge in [-0.05, 0) is 26.0 Å². The van der Waals surface area contributed by atoms with E-state index >= 15 is 0 Å². The normalized spacial score (nSPS) is 23.8. The number of carbonyl (C=O) groups excluding carboxylic acids is 1. The molecule has 0 bridgehead atoms. The van der Waals surface area contributed by atoms with Crippen LogP contribution in [0.25, 0.3) is 0 Å². The second-order valence-electron chi connectivity index (χ2n) is 5.07. The van der Waals surface area contributed by atoms with Crippen LogP contribution in [-0.2, 0) is 19.5 Å². The summed E-state index contributed by atoms with van der Waals surface area (Å²) in [5.41, 5.74) is 0.0480. The number of morpholine rings is 1. The molecule has 0 aliphatic carbocycles. The average molecular weight is 313 g/mol. The van der Waals surface area contributed by atoms with E-state index < -0.39 is 16.0 Å². The Morgan fingerprint density at radius 1 is 1.24 bits per heavy atom. The van der Waals surface area contributed by atoms with E-state index in [1.165, 1.54) is 23.5 Å². The first-order valence-corrected chi connectivity index (χ1v) is 8.13. The largest absolute Gasteiger partial charge is 0.465 e. The summed E-state index contributed by atoms with van der Waals surface area (Å²) < 4.78 is 37.1. The van der Waals surface area contributed by atoms with Gasteiger partial charge in [0.15, 0.2) is 0 Å². The Morgan fingerprint density at radius 2 is 1.81 bits per heavy atom. The third kappa shape index (κ3) is 3.25. The lowest BCUT2D eigenvalue weighted by atomic mass is 10.2. The minimum atomic E-state index is -3.76. The summed E-state index contributed by atoms with van der Waals surface area (Å²) in [7, 11) is -2.53. The van der Waals surface area contributed by atoms with Crippen molar-refractivity contribution in [3.05, 3.63) is 29.8 Å². The molecule has 116 valence electrons. The molecule has 1 aliphatic rings. The van der Waals surface area contributed by atoms with Gasteiger partial charge in [-0.1, -0.05) is 12.1 Å². The van der Waals surface area contributed by atoms with Crippen molar-refractivity contribution in [1.82, 2.24) is 4.31 Å². The van der Waals surface area contributed by atoms with Crippen LogP contribution in [0.4, 0.5) is 0 Å². The zero-order valence-corrected chi connectivity index (χ0v) is 13.1. The fourth-order valence-corrected chi connectivity index (χ4v) is 4.21. The quantitative estimate of drug-likeness (QED) is 0.786. The van der Waals surface area contributed by atoms with E-state index in [9.17, 15) is 13.2 Å². The van der Waals surface area contributed by atoms with Gasteiger partial charge in [-0.3, -0.25) is 0 Å². The van der Waals surface area contributed by atoms with Gasteiger partial charge in [0.05, 0.1) is 29.8 Å². The molecule has 1 aromatic carbocycles. The maximum Gasteiger partial charge on any atom is 0.339 e. The molecule has 1 fully saturated rings. The Labute approximate surface area is 124 Å². The number of nitrogens with zero attached hydrogens (tertiary/aromatic N) is 1. The van der Waals surface area contributed by atoms with Crippen molar-refractivity contribution in [2.24, 2.45) is 0 Å². The predicted molar refractivity (Wildman–Crippen MR) is 76.5 cm³/mol. The first-order valence-electron chi connectivity index (χ1n) is 6.69. The molecular weight excluding hydrogens is 294 g/mol. The molecule has 1 saturated heterocycles. The molecular formula is C14H19NO5S. The lowest BCUT2D eigenvalue weighted by Gasteiger charge is -2.34. The number of carbonyl (C=O) groups is 1. The van der Waals surface area contributed by atoms with Gasteiger partial charge in [-0.25, -0.2) is 13.2 Å². The number of hydrogen-bond donors (Lipinski definition) is 0. The number of ether oxygens (including phenoxy) is 2. The molecule has 0 saturated carbocycles. The summed E-state index contributed by atoms with van der Waals surface area (Å²) in [6.07, 6.45) is -0.373. The van der Waals surface area contributed by atoms with Gasteiger partial charge in [0.1, 0.15) is 0 Å². The minimum absolute atomic E-state index is 0.0295. The van der Waals surface area contributed by atoms with Crippen LogP contribution in [0, 0.1) is 0 Å². The zero-order chi connectivity index (χ0) is 15.6. The van der Waals surface area contributed by atoms with E-state index in [2.05, 4.69) is 4.74 Å². The van der Waals surface area contributed by atoms with Gasteiger partial charge >= 0.3 is 5.97 Å². The molecule has 1 aliphatic heterocycles. The lowest BCUT2D eigenvalue weighted by Crippen LogP contribution is -2.48. The van der Waals surface area contributed by atoms with Crippen LogP contribution in [0.15, 0.2) is 29.2 Å². The molecule has 2 unspecified atom stereocenters. The monoisotopic (exact) mass is 313 g/mol. The van der Waals surface area contributed by atoms with E-state index in [0.29, 0.717) is 0 Å². The number of sulfonamides is 1. The smallest absolute Gasteiger partial charge is 0.339 e. The second-order valence-corrected chi connectivity index (χ2v) is 6.97. The van der Waals surface area contributed by atoms with Crippen LogP contribution < -0.4 is 0 Å². The number of rotatable bonds is 3. The van der Waals surface area contributed by atoms with Gasteiger partial charge in [-0.15, -0.1) is 0 Å².